The summed E-state index contributed by atoms with van der Waals surface area (Å²) in [5.74, 6) is 2.53. The topological polar surface area (TPSA) is 91.1 Å². The number of rotatable bonds is 3. The summed E-state index contributed by atoms with van der Waals surface area (Å²) in [6.07, 6.45) is 7.11. The van der Waals surface area contributed by atoms with Crippen LogP contribution in [0, 0.1) is 17.2 Å². The van der Waals surface area contributed by atoms with Gasteiger partial charge in [0, 0.05) is 44.3 Å². The van der Waals surface area contributed by atoms with Crippen LogP contribution in [-0.4, -0.2) is 52.7 Å². The van der Waals surface area contributed by atoms with Gasteiger partial charge in [0.15, 0.2) is 11.5 Å². The molecule has 2 aromatic rings. The summed E-state index contributed by atoms with van der Waals surface area (Å²) in [5.41, 5.74) is 0.387. The lowest BCUT2D eigenvalue weighted by Crippen LogP contribution is -2.49. The van der Waals surface area contributed by atoms with Gasteiger partial charge in [0.05, 0.1) is 13.2 Å². The van der Waals surface area contributed by atoms with Gasteiger partial charge in [-0.15, -0.1) is 0 Å². The molecule has 8 nitrogen and oxygen atoms in total. The number of anilines is 2. The smallest absolute Gasteiger partial charge is 0.228 e. The van der Waals surface area contributed by atoms with Crippen LogP contribution in [0.25, 0.3) is 0 Å². The summed E-state index contributed by atoms with van der Waals surface area (Å²) in [4.78, 5) is 21.8. The highest BCUT2D eigenvalue weighted by Gasteiger charge is 2.40. The predicted octanol–water partition coefficient (Wildman–Crippen LogP) is 1.25. The molecule has 0 spiro atoms. The van der Waals surface area contributed by atoms with E-state index in [1.807, 2.05) is 0 Å². The zero-order chi connectivity index (χ0) is 17.2. The van der Waals surface area contributed by atoms with E-state index in [2.05, 4.69) is 35.8 Å². The quantitative estimate of drug-likeness (QED) is 0.826. The van der Waals surface area contributed by atoms with Gasteiger partial charge < -0.3 is 14.5 Å². The second kappa shape index (κ2) is 6.51. The molecular weight excluding hydrogens is 318 g/mol. The SMILES string of the molecule is COc1ccnc(N2CCC3CCN(c4nccnc4C#N)C3C2)n1. The Morgan fingerprint density at radius 1 is 1.16 bits per heavy atom. The van der Waals surface area contributed by atoms with Crippen LogP contribution in [-0.2, 0) is 0 Å². The number of methoxy groups -OCH3 is 1. The van der Waals surface area contributed by atoms with Crippen LogP contribution in [0.15, 0.2) is 24.7 Å². The van der Waals surface area contributed by atoms with Gasteiger partial charge >= 0.3 is 0 Å². The Labute approximate surface area is 146 Å². The monoisotopic (exact) mass is 337 g/mol. The molecule has 2 aliphatic heterocycles. The first-order valence-electron chi connectivity index (χ1n) is 8.40. The fraction of sp³-hybridized carbons (Fsp3) is 0.471. The van der Waals surface area contributed by atoms with Crippen molar-refractivity contribution in [1.82, 2.24) is 19.9 Å². The van der Waals surface area contributed by atoms with Crippen LogP contribution in [0.5, 0.6) is 5.88 Å². The Bertz CT molecular complexity index is 806. The van der Waals surface area contributed by atoms with Gasteiger partial charge in [-0.3, -0.25) is 0 Å². The minimum Gasteiger partial charge on any atom is -0.481 e. The summed E-state index contributed by atoms with van der Waals surface area (Å²) in [7, 11) is 1.61. The average molecular weight is 337 g/mol. The fourth-order valence-corrected chi connectivity index (χ4v) is 3.80. The van der Waals surface area contributed by atoms with Crippen molar-refractivity contribution in [3.63, 3.8) is 0 Å². The first kappa shape index (κ1) is 15.6. The normalized spacial score (nSPS) is 22.4. The first-order chi connectivity index (χ1) is 12.3. The van der Waals surface area contributed by atoms with Crippen LogP contribution in [0.2, 0.25) is 0 Å². The van der Waals surface area contributed by atoms with Crippen LogP contribution in [0.4, 0.5) is 11.8 Å². The molecule has 0 amide bonds. The molecule has 0 aromatic carbocycles. The molecule has 2 aliphatic rings. The molecule has 2 unspecified atom stereocenters. The predicted molar refractivity (Wildman–Crippen MR) is 91.4 cm³/mol. The van der Waals surface area contributed by atoms with Crippen molar-refractivity contribution in [2.24, 2.45) is 5.92 Å². The highest BCUT2D eigenvalue weighted by molar-refractivity contribution is 5.52. The summed E-state index contributed by atoms with van der Waals surface area (Å²) in [6, 6.07) is 4.19. The van der Waals surface area contributed by atoms with Crippen molar-refractivity contribution in [3.8, 4) is 11.9 Å². The van der Waals surface area contributed by atoms with E-state index in [1.165, 1.54) is 0 Å². The van der Waals surface area contributed by atoms with Crippen molar-refractivity contribution >= 4 is 11.8 Å². The molecule has 0 aliphatic carbocycles. The molecule has 8 heteroatoms. The molecule has 2 aromatic heterocycles. The molecule has 2 saturated heterocycles. The first-order valence-corrected chi connectivity index (χ1v) is 8.40. The van der Waals surface area contributed by atoms with Gasteiger partial charge in [0.25, 0.3) is 0 Å². The highest BCUT2D eigenvalue weighted by Crippen LogP contribution is 2.36. The van der Waals surface area contributed by atoms with Crippen molar-refractivity contribution in [1.29, 1.82) is 5.26 Å². The van der Waals surface area contributed by atoms with Gasteiger partial charge in [0.1, 0.15) is 6.07 Å². The van der Waals surface area contributed by atoms with E-state index in [4.69, 9.17) is 4.74 Å². The van der Waals surface area contributed by atoms with E-state index >= 15 is 0 Å². The van der Waals surface area contributed by atoms with Crippen LogP contribution >= 0.6 is 0 Å². The zero-order valence-electron chi connectivity index (χ0n) is 14.0. The van der Waals surface area contributed by atoms with Gasteiger partial charge in [-0.25, -0.2) is 15.0 Å². The molecular formula is C17H19N7O. The lowest BCUT2D eigenvalue weighted by atomic mass is 9.92. The molecule has 2 fully saturated rings. The number of ether oxygens (including phenoxy) is 1. The van der Waals surface area contributed by atoms with Crippen molar-refractivity contribution in [2.75, 3.05) is 36.5 Å². The maximum Gasteiger partial charge on any atom is 0.228 e. The van der Waals surface area contributed by atoms with Gasteiger partial charge in [-0.05, 0) is 18.8 Å². The number of hydrogen-bond donors (Lipinski definition) is 0. The van der Waals surface area contributed by atoms with Crippen LogP contribution in [0.1, 0.15) is 18.5 Å². The number of hydrogen-bond acceptors (Lipinski definition) is 8. The summed E-state index contributed by atoms with van der Waals surface area (Å²) >= 11 is 0. The van der Waals surface area contributed by atoms with Gasteiger partial charge in [-0.2, -0.15) is 10.2 Å². The number of aromatic nitrogens is 4. The average Bonchev–Trinajstić information content (AvgIpc) is 3.11. The maximum absolute atomic E-state index is 9.34. The zero-order valence-corrected chi connectivity index (χ0v) is 14.0. The van der Waals surface area contributed by atoms with E-state index in [0.29, 0.717) is 29.3 Å². The Morgan fingerprint density at radius 3 is 2.84 bits per heavy atom. The van der Waals surface area contributed by atoms with Gasteiger partial charge in [-0.1, -0.05) is 0 Å². The van der Waals surface area contributed by atoms with E-state index < -0.39 is 0 Å². The summed E-state index contributed by atoms with van der Waals surface area (Å²) in [6.45, 7) is 2.63. The highest BCUT2D eigenvalue weighted by atomic mass is 16.5. The lowest BCUT2D eigenvalue weighted by Gasteiger charge is -2.38. The Hall–Kier alpha value is -2.95. The third-order valence-corrected chi connectivity index (χ3v) is 5.03. The second-order valence-corrected chi connectivity index (χ2v) is 6.28. The largest absolute Gasteiger partial charge is 0.481 e. The third kappa shape index (κ3) is 2.82. The molecule has 0 saturated carbocycles. The van der Waals surface area contributed by atoms with Crippen molar-refractivity contribution < 1.29 is 4.74 Å². The molecule has 25 heavy (non-hydrogen) atoms. The molecule has 4 rings (SSSR count). The molecule has 0 N–H and O–H groups in total. The van der Waals surface area contributed by atoms with Crippen LogP contribution in [0.3, 0.4) is 0 Å². The van der Waals surface area contributed by atoms with Crippen molar-refractivity contribution in [2.45, 2.75) is 18.9 Å². The van der Waals surface area contributed by atoms with Crippen molar-refractivity contribution in [3.05, 3.63) is 30.4 Å². The Balaban J connectivity index is 1.60. The van der Waals surface area contributed by atoms with Crippen LogP contribution < -0.4 is 14.5 Å². The fourth-order valence-electron chi connectivity index (χ4n) is 3.80. The summed E-state index contributed by atoms with van der Waals surface area (Å²) < 4.78 is 5.21. The third-order valence-electron chi connectivity index (χ3n) is 5.03. The lowest BCUT2D eigenvalue weighted by molar-refractivity contribution is 0.379. The number of piperidine rings is 1. The van der Waals surface area contributed by atoms with Gasteiger partial charge in [0.2, 0.25) is 11.8 Å². The minimum absolute atomic E-state index is 0.285. The number of nitriles is 1. The molecule has 0 radical (unpaired) electrons. The molecule has 0 bridgehead atoms. The number of fused-ring (bicyclic) bond motifs is 1. The Kier molecular flexibility index (Phi) is 4.06. The molecule has 2 atom stereocenters. The summed E-state index contributed by atoms with van der Waals surface area (Å²) in [5, 5.41) is 9.34. The standard InChI is InChI=1S/C17H19N7O/c1-25-15-2-5-21-17(22-15)23-8-3-12-4-9-24(14(12)11-23)16-13(10-18)19-6-7-20-16/h2,5-7,12,14H,3-4,8-9,11H2,1H3. The van der Waals surface area contributed by atoms with E-state index in [0.717, 1.165) is 32.5 Å². The Morgan fingerprint density at radius 2 is 2.00 bits per heavy atom. The molecule has 128 valence electrons. The van der Waals surface area contributed by atoms with E-state index in [9.17, 15) is 5.26 Å². The minimum atomic E-state index is 0.285. The van der Waals surface area contributed by atoms with E-state index in [1.54, 1.807) is 31.8 Å². The van der Waals surface area contributed by atoms with E-state index in [-0.39, 0.29) is 6.04 Å². The molecule has 4 heterocycles. The maximum atomic E-state index is 9.34. The number of nitrogens with zero attached hydrogens (tertiary/aromatic N) is 7. The second-order valence-electron chi connectivity index (χ2n) is 6.28.